The average molecular weight is 284 g/mol. The van der Waals surface area contributed by atoms with Crippen LogP contribution in [0.5, 0.6) is 0 Å². The molecule has 2 N–H and O–H groups in total. The third-order valence-electron chi connectivity index (χ3n) is 2.90. The summed E-state index contributed by atoms with van der Waals surface area (Å²) < 4.78 is 24.2. The molecule has 1 aromatic carbocycles. The van der Waals surface area contributed by atoms with E-state index < -0.39 is 9.84 Å². The summed E-state index contributed by atoms with van der Waals surface area (Å²) in [6.07, 6.45) is 0.558. The third kappa shape index (κ3) is 4.24. The molecule has 6 heteroatoms. The van der Waals surface area contributed by atoms with Gasteiger partial charge >= 0.3 is 0 Å². The minimum atomic E-state index is -3.35. The van der Waals surface area contributed by atoms with Crippen LogP contribution in [0, 0.1) is 6.92 Å². The van der Waals surface area contributed by atoms with Crippen LogP contribution in [0.25, 0.3) is 0 Å². The summed E-state index contributed by atoms with van der Waals surface area (Å²) in [6, 6.07) is 4.66. The van der Waals surface area contributed by atoms with Crippen molar-refractivity contribution in [2.24, 2.45) is 0 Å². The Balaban J connectivity index is 2.71. The van der Waals surface area contributed by atoms with Crippen molar-refractivity contribution in [1.82, 2.24) is 4.90 Å². The van der Waals surface area contributed by atoms with Gasteiger partial charge in [-0.15, -0.1) is 0 Å². The van der Waals surface area contributed by atoms with Crippen LogP contribution in [0.3, 0.4) is 0 Å². The zero-order valence-electron chi connectivity index (χ0n) is 11.5. The first-order valence-electron chi connectivity index (χ1n) is 6.03. The first-order valence-corrected chi connectivity index (χ1v) is 7.68. The Morgan fingerprint density at radius 1 is 1.32 bits per heavy atom. The number of nitrogens with zero attached hydrogens (tertiary/aromatic N) is 1. The Kier molecular flexibility index (Phi) is 4.94. The number of aryl methyl sites for hydroxylation is 1. The standard InChI is InChI=1S/C13H20N2O3S/c1-10-9-11(6-7-12(10)14)19(17,18)8-4-5-13(16)15(2)3/h6-7,9H,4-5,8,14H2,1-3H3. The van der Waals surface area contributed by atoms with Crippen molar-refractivity contribution >= 4 is 21.4 Å². The lowest BCUT2D eigenvalue weighted by molar-refractivity contribution is -0.128. The van der Waals surface area contributed by atoms with Crippen LogP contribution in [0.1, 0.15) is 18.4 Å². The molecular formula is C13H20N2O3S. The summed E-state index contributed by atoms with van der Waals surface area (Å²) in [4.78, 5) is 13.1. The molecule has 0 unspecified atom stereocenters. The van der Waals surface area contributed by atoms with Crippen molar-refractivity contribution in [3.63, 3.8) is 0 Å². The molecule has 0 spiro atoms. The van der Waals surface area contributed by atoms with Gasteiger partial charge in [0.1, 0.15) is 0 Å². The first-order chi connectivity index (χ1) is 8.74. The molecule has 0 bridgehead atoms. The maximum absolute atomic E-state index is 12.1. The Hall–Kier alpha value is -1.56. The summed E-state index contributed by atoms with van der Waals surface area (Å²) in [7, 11) is -0.0413. The fraction of sp³-hybridized carbons (Fsp3) is 0.462. The van der Waals surface area contributed by atoms with Gasteiger partial charge in [-0.3, -0.25) is 4.79 Å². The zero-order chi connectivity index (χ0) is 14.6. The van der Waals surface area contributed by atoms with Gasteiger partial charge < -0.3 is 10.6 Å². The van der Waals surface area contributed by atoms with Gasteiger partial charge in [-0.25, -0.2) is 8.42 Å². The predicted molar refractivity (Wildman–Crippen MR) is 75.6 cm³/mol. The molecule has 1 amide bonds. The molecule has 0 saturated carbocycles. The number of amides is 1. The smallest absolute Gasteiger partial charge is 0.222 e. The Labute approximate surface area is 114 Å². The number of sulfone groups is 1. The second-order valence-corrected chi connectivity index (χ2v) is 6.84. The highest BCUT2D eigenvalue weighted by Crippen LogP contribution is 2.18. The fourth-order valence-electron chi connectivity index (χ4n) is 1.60. The Morgan fingerprint density at radius 2 is 1.95 bits per heavy atom. The number of hydrogen-bond donors (Lipinski definition) is 1. The van der Waals surface area contributed by atoms with Crippen molar-refractivity contribution in [3.8, 4) is 0 Å². The molecule has 19 heavy (non-hydrogen) atoms. The maximum atomic E-state index is 12.1. The molecule has 0 heterocycles. The van der Waals surface area contributed by atoms with E-state index in [0.29, 0.717) is 12.1 Å². The van der Waals surface area contributed by atoms with E-state index in [2.05, 4.69) is 0 Å². The molecule has 0 radical (unpaired) electrons. The highest BCUT2D eigenvalue weighted by Gasteiger charge is 2.16. The van der Waals surface area contributed by atoms with Gasteiger partial charge in [0.2, 0.25) is 5.91 Å². The summed E-state index contributed by atoms with van der Waals surface area (Å²) >= 11 is 0. The lowest BCUT2D eigenvalue weighted by atomic mass is 10.2. The number of nitrogens with two attached hydrogens (primary N) is 1. The molecular weight excluding hydrogens is 264 g/mol. The number of carbonyl (C=O) groups is 1. The van der Waals surface area contributed by atoms with Gasteiger partial charge in [0.15, 0.2) is 9.84 Å². The van der Waals surface area contributed by atoms with E-state index >= 15 is 0 Å². The molecule has 106 valence electrons. The van der Waals surface area contributed by atoms with Gasteiger partial charge in [0, 0.05) is 26.2 Å². The van der Waals surface area contributed by atoms with E-state index in [-0.39, 0.29) is 23.0 Å². The first kappa shape index (κ1) is 15.5. The van der Waals surface area contributed by atoms with Crippen molar-refractivity contribution in [3.05, 3.63) is 23.8 Å². The lowest BCUT2D eigenvalue weighted by Gasteiger charge is -2.10. The highest BCUT2D eigenvalue weighted by molar-refractivity contribution is 7.91. The molecule has 0 saturated heterocycles. The molecule has 0 aliphatic rings. The topological polar surface area (TPSA) is 80.5 Å². The Morgan fingerprint density at radius 3 is 2.47 bits per heavy atom. The van der Waals surface area contributed by atoms with Crippen molar-refractivity contribution in [2.75, 3.05) is 25.6 Å². The van der Waals surface area contributed by atoms with Crippen molar-refractivity contribution < 1.29 is 13.2 Å². The molecule has 0 aliphatic carbocycles. The van der Waals surface area contributed by atoms with Gasteiger partial charge in [-0.05, 0) is 37.1 Å². The van der Waals surface area contributed by atoms with Crippen LogP contribution in [-0.2, 0) is 14.6 Å². The van der Waals surface area contributed by atoms with E-state index in [1.54, 1.807) is 33.2 Å². The molecule has 1 rings (SSSR count). The van der Waals surface area contributed by atoms with Gasteiger partial charge in [-0.2, -0.15) is 0 Å². The summed E-state index contributed by atoms with van der Waals surface area (Å²) in [6.45, 7) is 1.77. The van der Waals surface area contributed by atoms with E-state index in [1.807, 2.05) is 0 Å². The van der Waals surface area contributed by atoms with Crippen molar-refractivity contribution in [1.29, 1.82) is 0 Å². The highest BCUT2D eigenvalue weighted by atomic mass is 32.2. The molecule has 0 aliphatic heterocycles. The third-order valence-corrected chi connectivity index (χ3v) is 4.70. The second kappa shape index (κ2) is 6.06. The summed E-state index contributed by atoms with van der Waals surface area (Å²) in [5.41, 5.74) is 6.97. The number of anilines is 1. The van der Waals surface area contributed by atoms with Gasteiger partial charge in [-0.1, -0.05) is 0 Å². The average Bonchev–Trinajstić information content (AvgIpc) is 2.32. The van der Waals surface area contributed by atoms with E-state index in [1.165, 1.54) is 11.0 Å². The second-order valence-electron chi connectivity index (χ2n) is 4.73. The fourth-order valence-corrected chi connectivity index (χ4v) is 2.99. The van der Waals surface area contributed by atoms with Crippen LogP contribution in [0.15, 0.2) is 23.1 Å². The molecule has 0 aromatic heterocycles. The largest absolute Gasteiger partial charge is 0.399 e. The minimum Gasteiger partial charge on any atom is -0.399 e. The van der Waals surface area contributed by atoms with Crippen LogP contribution >= 0.6 is 0 Å². The van der Waals surface area contributed by atoms with Gasteiger partial charge in [0.05, 0.1) is 10.6 Å². The quantitative estimate of drug-likeness (QED) is 0.824. The Bertz CT molecular complexity index is 565. The maximum Gasteiger partial charge on any atom is 0.222 e. The summed E-state index contributed by atoms with van der Waals surface area (Å²) in [5, 5.41) is 0. The lowest BCUT2D eigenvalue weighted by Crippen LogP contribution is -2.22. The number of hydrogen-bond acceptors (Lipinski definition) is 4. The van der Waals surface area contributed by atoms with E-state index in [0.717, 1.165) is 5.56 Å². The monoisotopic (exact) mass is 284 g/mol. The SMILES string of the molecule is Cc1cc(S(=O)(=O)CCCC(=O)N(C)C)ccc1N. The summed E-state index contributed by atoms with van der Waals surface area (Å²) in [5.74, 6) is -0.0978. The predicted octanol–water partition coefficient (Wildman–Crippen LogP) is 1.22. The molecule has 5 nitrogen and oxygen atoms in total. The molecule has 0 fully saturated rings. The van der Waals surface area contributed by atoms with Crippen LogP contribution in [0.2, 0.25) is 0 Å². The van der Waals surface area contributed by atoms with Crippen LogP contribution in [0.4, 0.5) is 5.69 Å². The molecule has 1 aromatic rings. The van der Waals surface area contributed by atoms with Gasteiger partial charge in [0.25, 0.3) is 0 Å². The molecule has 0 atom stereocenters. The minimum absolute atomic E-state index is 0.0318. The van der Waals surface area contributed by atoms with E-state index in [9.17, 15) is 13.2 Å². The number of rotatable bonds is 5. The van der Waals surface area contributed by atoms with Crippen molar-refractivity contribution in [2.45, 2.75) is 24.7 Å². The number of benzene rings is 1. The van der Waals surface area contributed by atoms with Crippen LogP contribution < -0.4 is 5.73 Å². The van der Waals surface area contributed by atoms with E-state index in [4.69, 9.17) is 5.73 Å². The van der Waals surface area contributed by atoms with Crippen LogP contribution in [-0.4, -0.2) is 39.1 Å². The number of nitrogen functional groups attached to an aromatic ring is 1. The zero-order valence-corrected chi connectivity index (χ0v) is 12.3. The number of carbonyl (C=O) groups excluding carboxylic acids is 1. The normalized spacial score (nSPS) is 11.3.